The maximum atomic E-state index is 9.94. The fourth-order valence-electron chi connectivity index (χ4n) is 0.311. The van der Waals surface area contributed by atoms with Crippen molar-refractivity contribution in [1.82, 2.24) is 0 Å². The Morgan fingerprint density at radius 2 is 2.11 bits per heavy atom. The number of hydrogen-bond donors (Lipinski definition) is 1. The molecule has 0 aromatic rings. The van der Waals surface area contributed by atoms with Crippen molar-refractivity contribution < 1.29 is 15.8 Å². The van der Waals surface area contributed by atoms with Crippen LogP contribution in [0.3, 0.4) is 0 Å². The monoisotopic (exact) mass is 178 g/mol. The van der Waals surface area contributed by atoms with Gasteiger partial charge in [-0.25, -0.2) is 0 Å². The molecule has 0 amide bonds. The van der Waals surface area contributed by atoms with Gasteiger partial charge in [-0.3, -0.25) is 4.55 Å². The van der Waals surface area contributed by atoms with Crippen molar-refractivity contribution in [3.63, 3.8) is 0 Å². The fraction of sp³-hybridized carbons (Fsp3) is 0.500. The Morgan fingerprint density at radius 3 is 2.11 bits per heavy atom. The Bertz CT molecular complexity index is 190. The minimum atomic E-state index is -3.82. The quantitative estimate of drug-likeness (QED) is 0.376. The summed E-state index contributed by atoms with van der Waals surface area (Å²) < 4.78 is 28.0. The van der Waals surface area contributed by atoms with Gasteiger partial charge in [-0.1, -0.05) is 12.2 Å². The average molecular weight is 178 g/mol. The van der Waals surface area contributed by atoms with Crippen molar-refractivity contribution >= 4 is 47.9 Å². The van der Waals surface area contributed by atoms with Crippen LogP contribution in [0.1, 0.15) is 9.78 Å². The Hall–Kier alpha value is 0.910. The van der Waals surface area contributed by atoms with Gasteiger partial charge in [0.1, 0.15) is 0 Å². The summed E-state index contributed by atoms with van der Waals surface area (Å²) in [6.45, 7) is 4.84. The third-order valence-electron chi connectivity index (χ3n) is 0.429. The summed E-state index contributed by atoms with van der Waals surface area (Å²) in [5, 5.41) is 0. The molecule has 9 heavy (non-hydrogen) atoms. The molecule has 1 N–H and O–H groups in total. The molecule has 0 atom stereocenters. The van der Waals surface area contributed by atoms with E-state index in [2.05, 4.69) is 6.58 Å². The van der Waals surface area contributed by atoms with Crippen LogP contribution in [0.2, 0.25) is 0 Å². The van der Waals surface area contributed by atoms with E-state index in [-0.39, 0.29) is 46.3 Å². The van der Waals surface area contributed by atoms with Crippen LogP contribution in [0, 0.1) is 0 Å². The third kappa shape index (κ3) is 12.2. The molecule has 0 radical (unpaired) electrons. The first-order valence-corrected chi connectivity index (χ1v) is 3.62. The molecular weight excluding hydrogens is 168 g/mol. The summed E-state index contributed by atoms with van der Waals surface area (Å²) in [5.74, 6) is -0.340. The molecule has 0 spiro atoms. The summed E-state index contributed by atoms with van der Waals surface area (Å²) in [7, 11) is -3.82. The van der Waals surface area contributed by atoms with E-state index < -0.39 is 10.1 Å². The zero-order valence-corrected chi connectivity index (χ0v) is 8.32. The second-order valence-electron chi connectivity index (χ2n) is 1.68. The van der Waals surface area contributed by atoms with Gasteiger partial charge in [0.2, 0.25) is 0 Å². The Kier molecular flexibility index (Phi) is 6.54. The molecule has 0 aliphatic rings. The van der Waals surface area contributed by atoms with E-state index in [1.54, 1.807) is 0 Å². The largest absolute Gasteiger partial charge is 2.00 e. The molecule has 5 heteroatoms. The minimum absolute atomic E-state index is 0. The molecule has 0 bridgehead atoms. The van der Waals surface area contributed by atoms with Crippen LogP contribution >= 0.6 is 0 Å². The molecule has 0 unspecified atom stereocenters. The predicted octanol–water partition coefficient (Wildman–Crippen LogP) is 0.295. The van der Waals surface area contributed by atoms with Gasteiger partial charge in [0.25, 0.3) is 10.1 Å². The van der Waals surface area contributed by atoms with E-state index in [1.807, 2.05) is 0 Å². The van der Waals surface area contributed by atoms with Crippen molar-refractivity contribution in [1.29, 1.82) is 0 Å². The number of rotatable bonds is 2. The van der Waals surface area contributed by atoms with Crippen LogP contribution in [-0.2, 0) is 10.1 Å². The SMILES string of the molecule is C=C(C)CS(=O)(=O)O.[Ca+2].[H-].[H-]. The maximum absolute atomic E-state index is 9.94. The van der Waals surface area contributed by atoms with E-state index in [1.165, 1.54) is 6.92 Å². The molecule has 0 aromatic carbocycles. The molecule has 0 aromatic heterocycles. The van der Waals surface area contributed by atoms with Crippen LogP contribution in [0.15, 0.2) is 12.2 Å². The van der Waals surface area contributed by atoms with Crippen molar-refractivity contribution in [3.05, 3.63) is 12.2 Å². The molecule has 0 fully saturated rings. The van der Waals surface area contributed by atoms with E-state index in [0.717, 1.165) is 0 Å². The van der Waals surface area contributed by atoms with Gasteiger partial charge in [0.15, 0.2) is 0 Å². The summed E-state index contributed by atoms with van der Waals surface area (Å²) in [6.07, 6.45) is 0. The summed E-state index contributed by atoms with van der Waals surface area (Å²) in [5.41, 5.74) is 0.438. The van der Waals surface area contributed by atoms with Gasteiger partial charge >= 0.3 is 37.7 Å². The summed E-state index contributed by atoms with van der Waals surface area (Å²) >= 11 is 0. The molecule has 0 aliphatic carbocycles. The second kappa shape index (κ2) is 4.68. The maximum Gasteiger partial charge on any atom is 2.00 e. The Balaban J connectivity index is -0.0000000817. The van der Waals surface area contributed by atoms with Crippen LogP contribution < -0.4 is 0 Å². The van der Waals surface area contributed by atoms with Crippen LogP contribution in [0.4, 0.5) is 0 Å². The first-order chi connectivity index (χ1) is 3.42. The van der Waals surface area contributed by atoms with E-state index in [9.17, 15) is 8.42 Å². The fourth-order valence-corrected chi connectivity index (χ4v) is 0.934. The van der Waals surface area contributed by atoms with Gasteiger partial charge in [0.05, 0.1) is 5.75 Å². The van der Waals surface area contributed by atoms with Crippen molar-refractivity contribution in [2.45, 2.75) is 6.92 Å². The van der Waals surface area contributed by atoms with Crippen LogP contribution in [0.5, 0.6) is 0 Å². The van der Waals surface area contributed by atoms with Gasteiger partial charge in [-0.15, -0.1) is 0 Å². The molecular formula is C4H10CaO3S. The molecule has 0 rings (SSSR count). The molecule has 0 aliphatic heterocycles. The third-order valence-corrected chi connectivity index (χ3v) is 1.29. The summed E-state index contributed by atoms with van der Waals surface area (Å²) in [6, 6.07) is 0. The van der Waals surface area contributed by atoms with Crippen LogP contribution in [0.25, 0.3) is 0 Å². The topological polar surface area (TPSA) is 54.4 Å². The first kappa shape index (κ1) is 12.6. The molecule has 0 saturated heterocycles. The predicted molar refractivity (Wildman–Crippen MR) is 39.2 cm³/mol. The van der Waals surface area contributed by atoms with Crippen molar-refractivity contribution in [3.8, 4) is 0 Å². The molecule has 3 nitrogen and oxygen atoms in total. The van der Waals surface area contributed by atoms with Gasteiger partial charge in [-0.05, 0) is 6.92 Å². The van der Waals surface area contributed by atoms with E-state index in [0.29, 0.717) is 5.57 Å². The Morgan fingerprint density at radius 1 is 1.78 bits per heavy atom. The first-order valence-electron chi connectivity index (χ1n) is 2.01. The zero-order valence-electron chi connectivity index (χ0n) is 7.29. The molecule has 0 saturated carbocycles. The standard InChI is InChI=1S/C4H8O3S.Ca.2H/c1-4(2)3-8(5,6)7;;;/h1,3H2,2H3,(H,5,6,7);;;/q;+2;2*-1. The normalized spacial score (nSPS) is 10.0. The van der Waals surface area contributed by atoms with Gasteiger partial charge in [0, 0.05) is 0 Å². The van der Waals surface area contributed by atoms with E-state index >= 15 is 0 Å². The number of hydrogen-bond acceptors (Lipinski definition) is 2. The summed E-state index contributed by atoms with van der Waals surface area (Å²) in [4.78, 5) is 0. The van der Waals surface area contributed by atoms with Crippen LogP contribution in [-0.4, -0.2) is 56.5 Å². The molecule has 0 heterocycles. The Labute approximate surface area is 87.9 Å². The zero-order chi connectivity index (χ0) is 6.78. The van der Waals surface area contributed by atoms with E-state index in [4.69, 9.17) is 4.55 Å². The average Bonchev–Trinajstić information content (AvgIpc) is 1.21. The van der Waals surface area contributed by atoms with Gasteiger partial charge < -0.3 is 2.85 Å². The van der Waals surface area contributed by atoms with Gasteiger partial charge in [-0.2, -0.15) is 8.42 Å². The second-order valence-corrected chi connectivity index (χ2v) is 3.14. The molecule has 52 valence electrons. The van der Waals surface area contributed by atoms with Crippen molar-refractivity contribution in [2.24, 2.45) is 0 Å². The van der Waals surface area contributed by atoms with Crippen molar-refractivity contribution in [2.75, 3.05) is 5.75 Å². The minimum Gasteiger partial charge on any atom is -1.00 e. The smallest absolute Gasteiger partial charge is 1.00 e.